The van der Waals surface area contributed by atoms with Crippen LogP contribution in [0.5, 0.6) is 0 Å². The van der Waals surface area contributed by atoms with Gasteiger partial charge in [-0.3, -0.25) is 10.1 Å². The molecule has 0 aromatic carbocycles. The quantitative estimate of drug-likeness (QED) is 0.852. The van der Waals surface area contributed by atoms with Crippen LogP contribution in [0.2, 0.25) is 0 Å². The summed E-state index contributed by atoms with van der Waals surface area (Å²) in [4.78, 5) is 28.0. The number of carbonyl (C=O) groups is 2. The minimum atomic E-state index is -1.04. The van der Waals surface area contributed by atoms with E-state index < -0.39 is 5.97 Å². The summed E-state index contributed by atoms with van der Waals surface area (Å²) in [6.07, 6.45) is 0.440. The molecule has 0 aliphatic carbocycles. The molecule has 0 fully saturated rings. The number of nitrogens with one attached hydrogen (secondary N) is 1. The van der Waals surface area contributed by atoms with Gasteiger partial charge < -0.3 is 9.84 Å². The molecule has 0 radical (unpaired) electrons. The molecule has 0 spiro atoms. The van der Waals surface area contributed by atoms with Crippen molar-refractivity contribution in [1.29, 1.82) is 0 Å². The maximum atomic E-state index is 11.4. The zero-order valence-corrected chi connectivity index (χ0v) is 12.2. The predicted octanol–water partition coefficient (Wildman–Crippen LogP) is 2.08. The van der Waals surface area contributed by atoms with Crippen LogP contribution >= 0.6 is 22.7 Å². The van der Waals surface area contributed by atoms with Crippen molar-refractivity contribution in [1.82, 2.24) is 4.98 Å². The molecule has 2 aromatic heterocycles. The number of rotatable bonds is 6. The summed E-state index contributed by atoms with van der Waals surface area (Å²) in [5.74, 6) is -1.40. The van der Waals surface area contributed by atoms with Crippen molar-refractivity contribution in [2.75, 3.05) is 19.0 Å². The third-order valence-corrected chi connectivity index (χ3v) is 4.21. The molecule has 106 valence electrons. The topological polar surface area (TPSA) is 88.5 Å². The van der Waals surface area contributed by atoms with E-state index in [1.165, 1.54) is 18.4 Å². The summed E-state index contributed by atoms with van der Waals surface area (Å²) in [6, 6.07) is 3.81. The summed E-state index contributed by atoms with van der Waals surface area (Å²) >= 11 is 2.48. The lowest BCUT2D eigenvalue weighted by Gasteiger charge is -1.98. The van der Waals surface area contributed by atoms with Crippen LogP contribution in [0.25, 0.3) is 0 Å². The Kier molecular flexibility index (Phi) is 4.83. The lowest BCUT2D eigenvalue weighted by molar-refractivity contribution is -0.119. The third kappa shape index (κ3) is 3.62. The normalized spacial score (nSPS) is 10.4. The summed E-state index contributed by atoms with van der Waals surface area (Å²) < 4.78 is 4.70. The first-order chi connectivity index (χ1) is 9.60. The van der Waals surface area contributed by atoms with Gasteiger partial charge in [0, 0.05) is 18.4 Å². The molecule has 0 aliphatic rings. The number of aromatic carboxylic acids is 1. The van der Waals surface area contributed by atoms with E-state index in [9.17, 15) is 14.7 Å². The van der Waals surface area contributed by atoms with Gasteiger partial charge >= 0.3 is 5.97 Å². The van der Waals surface area contributed by atoms with Crippen molar-refractivity contribution in [3.05, 3.63) is 33.0 Å². The smallest absolute Gasteiger partial charge is 0.347 e. The summed E-state index contributed by atoms with van der Waals surface area (Å²) in [6.45, 7) is -0.0950. The fourth-order valence-electron chi connectivity index (χ4n) is 1.56. The number of carboxylic acid groups (broad SMARTS) is 1. The Labute approximate surface area is 123 Å². The second-order valence-electron chi connectivity index (χ2n) is 3.84. The number of aromatic nitrogens is 1. The van der Waals surface area contributed by atoms with Gasteiger partial charge in [0.05, 0.1) is 5.69 Å². The Balaban J connectivity index is 2.19. The predicted molar refractivity (Wildman–Crippen MR) is 76.7 cm³/mol. The standard InChI is InChI=1S/C12H12N2O4S2/c1-18-6-9(15)14-12-13-8(10(20-12)11(16)17)5-7-3-2-4-19-7/h2-4H,5-6H2,1H3,(H,16,17)(H,13,14,15). The summed E-state index contributed by atoms with van der Waals surface area (Å²) in [5, 5.41) is 13.9. The zero-order valence-electron chi connectivity index (χ0n) is 10.6. The van der Waals surface area contributed by atoms with Crippen LogP contribution in [0.3, 0.4) is 0 Å². The molecule has 2 N–H and O–H groups in total. The molecule has 0 bridgehead atoms. The summed E-state index contributed by atoms with van der Waals surface area (Å²) in [7, 11) is 1.41. The first kappa shape index (κ1) is 14.6. The number of anilines is 1. The van der Waals surface area contributed by atoms with Gasteiger partial charge in [-0.15, -0.1) is 11.3 Å². The molecular weight excluding hydrogens is 300 g/mol. The van der Waals surface area contributed by atoms with Crippen LogP contribution in [-0.4, -0.2) is 35.7 Å². The van der Waals surface area contributed by atoms with Crippen molar-refractivity contribution < 1.29 is 19.4 Å². The lowest BCUT2D eigenvalue weighted by atomic mass is 10.2. The number of amides is 1. The van der Waals surface area contributed by atoms with E-state index in [1.54, 1.807) is 0 Å². The van der Waals surface area contributed by atoms with Crippen LogP contribution < -0.4 is 5.32 Å². The van der Waals surface area contributed by atoms with Crippen LogP contribution in [0.4, 0.5) is 5.13 Å². The van der Waals surface area contributed by atoms with Crippen molar-refractivity contribution in [2.24, 2.45) is 0 Å². The van der Waals surface area contributed by atoms with Crippen molar-refractivity contribution in [3.63, 3.8) is 0 Å². The maximum absolute atomic E-state index is 11.4. The Bertz CT molecular complexity index is 607. The van der Waals surface area contributed by atoms with Crippen LogP contribution in [0.15, 0.2) is 17.5 Å². The number of carbonyl (C=O) groups excluding carboxylic acids is 1. The average Bonchev–Trinajstić information content (AvgIpc) is 3.00. The number of nitrogens with zero attached hydrogens (tertiary/aromatic N) is 1. The Morgan fingerprint density at radius 1 is 1.50 bits per heavy atom. The van der Waals surface area contributed by atoms with E-state index >= 15 is 0 Å². The molecule has 6 nitrogen and oxygen atoms in total. The number of methoxy groups -OCH3 is 1. The van der Waals surface area contributed by atoms with Gasteiger partial charge in [0.1, 0.15) is 11.5 Å². The first-order valence-electron chi connectivity index (χ1n) is 5.64. The zero-order chi connectivity index (χ0) is 14.5. The lowest BCUT2D eigenvalue weighted by Crippen LogP contribution is -2.16. The van der Waals surface area contributed by atoms with Gasteiger partial charge in [-0.1, -0.05) is 17.4 Å². The SMILES string of the molecule is COCC(=O)Nc1nc(Cc2cccs2)c(C(=O)O)s1. The van der Waals surface area contributed by atoms with Crippen LogP contribution in [0, 0.1) is 0 Å². The highest BCUT2D eigenvalue weighted by Crippen LogP contribution is 2.26. The Morgan fingerprint density at radius 2 is 2.30 bits per heavy atom. The monoisotopic (exact) mass is 312 g/mol. The molecule has 0 aliphatic heterocycles. The van der Waals surface area contributed by atoms with E-state index in [0.717, 1.165) is 16.2 Å². The second-order valence-corrected chi connectivity index (χ2v) is 5.87. The molecule has 8 heteroatoms. The number of hydrogen-bond donors (Lipinski definition) is 2. The van der Waals surface area contributed by atoms with Crippen molar-refractivity contribution >= 4 is 39.7 Å². The van der Waals surface area contributed by atoms with Crippen molar-refractivity contribution in [2.45, 2.75) is 6.42 Å². The molecule has 20 heavy (non-hydrogen) atoms. The summed E-state index contributed by atoms with van der Waals surface area (Å²) in [5.41, 5.74) is 0.456. The molecule has 2 rings (SSSR count). The molecule has 0 saturated carbocycles. The highest BCUT2D eigenvalue weighted by Gasteiger charge is 2.19. The minimum Gasteiger partial charge on any atom is -0.477 e. The Morgan fingerprint density at radius 3 is 2.90 bits per heavy atom. The van der Waals surface area contributed by atoms with E-state index in [-0.39, 0.29) is 22.5 Å². The van der Waals surface area contributed by atoms with Crippen LogP contribution in [-0.2, 0) is 16.0 Å². The number of thiophene rings is 1. The molecule has 0 unspecified atom stereocenters. The van der Waals surface area contributed by atoms with E-state index in [4.69, 9.17) is 4.74 Å². The van der Waals surface area contributed by atoms with Crippen LogP contribution in [0.1, 0.15) is 20.2 Å². The number of thiazole rings is 1. The molecular formula is C12H12N2O4S2. The fraction of sp³-hybridized carbons (Fsp3) is 0.250. The highest BCUT2D eigenvalue weighted by molar-refractivity contribution is 7.17. The average molecular weight is 312 g/mol. The van der Waals surface area contributed by atoms with Gasteiger partial charge in [0.15, 0.2) is 5.13 Å². The van der Waals surface area contributed by atoms with Gasteiger partial charge in [0.25, 0.3) is 5.91 Å². The minimum absolute atomic E-state index is 0.0950. The molecule has 1 amide bonds. The van der Waals surface area contributed by atoms with Gasteiger partial charge in [-0.2, -0.15) is 0 Å². The van der Waals surface area contributed by atoms with Crippen molar-refractivity contribution in [3.8, 4) is 0 Å². The first-order valence-corrected chi connectivity index (χ1v) is 7.34. The fourth-order valence-corrected chi connectivity index (χ4v) is 3.10. The van der Waals surface area contributed by atoms with E-state index in [1.807, 2.05) is 17.5 Å². The molecule has 0 atom stereocenters. The van der Waals surface area contributed by atoms with E-state index in [2.05, 4.69) is 10.3 Å². The largest absolute Gasteiger partial charge is 0.477 e. The number of hydrogen-bond acceptors (Lipinski definition) is 6. The molecule has 2 aromatic rings. The second kappa shape index (κ2) is 6.60. The number of carboxylic acids is 1. The molecule has 0 saturated heterocycles. The highest BCUT2D eigenvalue weighted by atomic mass is 32.1. The third-order valence-electron chi connectivity index (χ3n) is 2.34. The maximum Gasteiger partial charge on any atom is 0.347 e. The van der Waals surface area contributed by atoms with Gasteiger partial charge in [-0.25, -0.2) is 9.78 Å². The Hall–Kier alpha value is -1.77. The van der Waals surface area contributed by atoms with E-state index in [0.29, 0.717) is 12.1 Å². The molecule has 2 heterocycles. The van der Waals surface area contributed by atoms with Gasteiger partial charge in [-0.05, 0) is 11.4 Å². The number of ether oxygens (including phenoxy) is 1. The van der Waals surface area contributed by atoms with Gasteiger partial charge in [0.2, 0.25) is 0 Å².